The Morgan fingerprint density at radius 2 is 1.88 bits per heavy atom. The van der Waals surface area contributed by atoms with Gasteiger partial charge in [0, 0.05) is 11.6 Å². The molecule has 2 aromatic rings. The van der Waals surface area contributed by atoms with Crippen LogP contribution in [0.25, 0.3) is 0 Å². The van der Waals surface area contributed by atoms with E-state index in [2.05, 4.69) is 15.4 Å². The number of hydrogen-bond acceptors (Lipinski definition) is 5. The number of amides is 2. The molecular formula is C21H25ClFN3O5S. The lowest BCUT2D eigenvalue weighted by Gasteiger charge is -2.36. The van der Waals surface area contributed by atoms with E-state index in [1.54, 1.807) is 6.07 Å². The van der Waals surface area contributed by atoms with Crippen LogP contribution in [0.3, 0.4) is 0 Å². The molecule has 0 bridgehead atoms. The molecule has 0 unspecified atom stereocenters. The van der Waals surface area contributed by atoms with Crippen molar-refractivity contribution in [1.82, 2.24) is 10.0 Å². The summed E-state index contributed by atoms with van der Waals surface area (Å²) < 4.78 is 46.7. The van der Waals surface area contributed by atoms with Crippen molar-refractivity contribution in [3.8, 4) is 0 Å². The molecule has 0 radical (unpaired) electrons. The van der Waals surface area contributed by atoms with Crippen molar-refractivity contribution < 1.29 is 27.4 Å². The molecule has 0 aromatic heterocycles. The van der Waals surface area contributed by atoms with Crippen LogP contribution in [0.4, 0.5) is 14.9 Å². The van der Waals surface area contributed by atoms with Gasteiger partial charge in [-0.25, -0.2) is 22.3 Å². The molecule has 1 aliphatic rings. The van der Waals surface area contributed by atoms with Crippen molar-refractivity contribution in [3.05, 3.63) is 59.4 Å². The van der Waals surface area contributed by atoms with Gasteiger partial charge in [0.1, 0.15) is 11.9 Å². The van der Waals surface area contributed by atoms with E-state index in [0.29, 0.717) is 24.3 Å². The first-order valence-electron chi connectivity index (χ1n) is 10.1. The van der Waals surface area contributed by atoms with Gasteiger partial charge in [-0.3, -0.25) is 0 Å². The van der Waals surface area contributed by atoms with Gasteiger partial charge in [-0.15, -0.1) is 0 Å². The van der Waals surface area contributed by atoms with Crippen LogP contribution in [0.5, 0.6) is 0 Å². The highest BCUT2D eigenvalue weighted by Gasteiger charge is 2.32. The molecule has 1 heterocycles. The number of sulfonamides is 1. The lowest BCUT2D eigenvalue weighted by atomic mass is 9.97. The number of nitrogens with one attached hydrogen (secondary N) is 3. The molecule has 3 rings (SSSR count). The second-order valence-corrected chi connectivity index (χ2v) is 9.59. The summed E-state index contributed by atoms with van der Waals surface area (Å²) in [5.41, 5.74) is 0.0492. The molecule has 8 nitrogen and oxygen atoms in total. The van der Waals surface area contributed by atoms with Gasteiger partial charge < -0.3 is 20.5 Å². The lowest BCUT2D eigenvalue weighted by Crippen LogP contribution is -2.52. The number of aliphatic hydroxyl groups is 1. The summed E-state index contributed by atoms with van der Waals surface area (Å²) >= 11 is 5.79. The largest absolute Gasteiger partial charge is 0.394 e. The summed E-state index contributed by atoms with van der Waals surface area (Å²) in [6, 6.07) is 10.6. The van der Waals surface area contributed by atoms with E-state index in [4.69, 9.17) is 16.3 Å². The van der Waals surface area contributed by atoms with Crippen molar-refractivity contribution in [2.45, 2.75) is 42.4 Å². The minimum atomic E-state index is -3.67. The smallest absolute Gasteiger partial charge is 0.319 e. The lowest BCUT2D eigenvalue weighted by molar-refractivity contribution is -0.0884. The number of rotatable bonds is 8. The van der Waals surface area contributed by atoms with E-state index in [-0.39, 0.29) is 29.8 Å². The van der Waals surface area contributed by atoms with Crippen LogP contribution in [0.1, 0.15) is 19.3 Å². The van der Waals surface area contributed by atoms with E-state index in [9.17, 15) is 22.7 Å². The van der Waals surface area contributed by atoms with Crippen molar-refractivity contribution in [1.29, 1.82) is 0 Å². The number of halogens is 2. The number of carbonyl (C=O) groups excluding carboxylic acids is 1. The Hall–Kier alpha value is -2.24. The van der Waals surface area contributed by atoms with Crippen LogP contribution in [0, 0.1) is 5.82 Å². The highest BCUT2D eigenvalue weighted by Crippen LogP contribution is 2.22. The molecule has 3 atom stereocenters. The Bertz CT molecular complexity index is 1020. The summed E-state index contributed by atoms with van der Waals surface area (Å²) in [5, 5.41) is 15.3. The standard InChI is InChI=1S/C21H25ClFN3O5S/c22-14-5-8-16(9-6-14)32(29,30)24-12-11-15-7-10-19(20(13-27)31-15)26-21(28)25-18-4-2-1-3-17(18)23/h1-6,8-9,15,19-20,24,27H,7,10-13H2,(H2,25,26,28)/t15-,19-,20+/m0/s1. The average Bonchev–Trinajstić information content (AvgIpc) is 2.76. The number of ether oxygens (including phenoxy) is 1. The average molecular weight is 486 g/mol. The quantitative estimate of drug-likeness (QED) is 0.458. The molecular weight excluding hydrogens is 461 g/mol. The monoisotopic (exact) mass is 485 g/mol. The number of carbonyl (C=O) groups is 1. The predicted molar refractivity (Wildman–Crippen MR) is 119 cm³/mol. The summed E-state index contributed by atoms with van der Waals surface area (Å²) in [4.78, 5) is 12.3. The zero-order chi connectivity index (χ0) is 23.1. The SMILES string of the molecule is O=C(Nc1ccccc1F)N[C@H]1CC[C@@H](CCNS(=O)(=O)c2ccc(Cl)cc2)O[C@@H]1CO. The maximum Gasteiger partial charge on any atom is 0.319 e. The Balaban J connectivity index is 1.47. The third-order valence-corrected chi connectivity index (χ3v) is 6.85. The normalized spacial score (nSPS) is 21.2. The summed E-state index contributed by atoms with van der Waals surface area (Å²) in [5.74, 6) is -0.553. The Kier molecular flexibility index (Phi) is 8.44. The zero-order valence-electron chi connectivity index (χ0n) is 17.1. The first-order valence-corrected chi connectivity index (χ1v) is 12.0. The molecule has 32 heavy (non-hydrogen) atoms. The number of anilines is 1. The van der Waals surface area contributed by atoms with Crippen LogP contribution < -0.4 is 15.4 Å². The van der Waals surface area contributed by atoms with Crippen molar-refractivity contribution in [2.24, 2.45) is 0 Å². The van der Waals surface area contributed by atoms with Crippen LogP contribution >= 0.6 is 11.6 Å². The predicted octanol–water partition coefficient (Wildman–Crippen LogP) is 2.88. The van der Waals surface area contributed by atoms with Gasteiger partial charge in [-0.2, -0.15) is 0 Å². The molecule has 0 spiro atoms. The molecule has 1 fully saturated rings. The topological polar surface area (TPSA) is 117 Å². The molecule has 11 heteroatoms. The highest BCUT2D eigenvalue weighted by atomic mass is 35.5. The van der Waals surface area contributed by atoms with Crippen molar-refractivity contribution in [3.63, 3.8) is 0 Å². The van der Waals surface area contributed by atoms with Gasteiger partial charge in [0.2, 0.25) is 10.0 Å². The zero-order valence-corrected chi connectivity index (χ0v) is 18.7. The second-order valence-electron chi connectivity index (χ2n) is 7.38. The van der Waals surface area contributed by atoms with E-state index in [1.807, 2.05) is 0 Å². The number of urea groups is 1. The van der Waals surface area contributed by atoms with Crippen molar-refractivity contribution in [2.75, 3.05) is 18.5 Å². The number of aliphatic hydroxyl groups excluding tert-OH is 1. The van der Waals surface area contributed by atoms with Gasteiger partial charge in [-0.1, -0.05) is 23.7 Å². The van der Waals surface area contributed by atoms with E-state index < -0.39 is 34.0 Å². The van der Waals surface area contributed by atoms with Gasteiger partial charge in [-0.05, 0) is 55.7 Å². The molecule has 2 amide bonds. The molecule has 1 aliphatic heterocycles. The van der Waals surface area contributed by atoms with E-state index in [1.165, 1.54) is 42.5 Å². The Morgan fingerprint density at radius 1 is 1.16 bits per heavy atom. The molecule has 0 saturated carbocycles. The van der Waals surface area contributed by atoms with Crippen LogP contribution in [0.15, 0.2) is 53.4 Å². The maximum atomic E-state index is 13.7. The fraction of sp³-hybridized carbons (Fsp3) is 0.381. The van der Waals surface area contributed by atoms with Crippen LogP contribution in [0.2, 0.25) is 5.02 Å². The first-order chi connectivity index (χ1) is 15.3. The molecule has 1 saturated heterocycles. The summed E-state index contributed by atoms with van der Waals surface area (Å²) in [6.45, 7) is -0.169. The molecule has 174 valence electrons. The molecule has 2 aromatic carbocycles. The molecule has 4 N–H and O–H groups in total. The third kappa shape index (κ3) is 6.63. The summed E-state index contributed by atoms with van der Waals surface area (Å²) in [6.07, 6.45) is 0.534. The second kappa shape index (κ2) is 11.1. The minimum absolute atomic E-state index is 0.0492. The first kappa shape index (κ1) is 24.4. The van der Waals surface area contributed by atoms with Crippen molar-refractivity contribution >= 4 is 33.3 Å². The Morgan fingerprint density at radius 3 is 2.56 bits per heavy atom. The van der Waals surface area contributed by atoms with Gasteiger partial charge in [0.05, 0.1) is 29.3 Å². The van der Waals surface area contributed by atoms with E-state index >= 15 is 0 Å². The number of hydrogen-bond donors (Lipinski definition) is 4. The third-order valence-electron chi connectivity index (χ3n) is 5.12. The fourth-order valence-corrected chi connectivity index (χ4v) is 4.62. The van der Waals surface area contributed by atoms with Gasteiger partial charge in [0.15, 0.2) is 0 Å². The highest BCUT2D eigenvalue weighted by molar-refractivity contribution is 7.89. The minimum Gasteiger partial charge on any atom is -0.394 e. The Labute approximate surface area is 191 Å². The van der Waals surface area contributed by atoms with Crippen LogP contribution in [-0.2, 0) is 14.8 Å². The number of benzene rings is 2. The summed E-state index contributed by atoms with van der Waals surface area (Å²) in [7, 11) is -3.67. The van der Waals surface area contributed by atoms with Crippen LogP contribution in [-0.4, -0.2) is 51.0 Å². The van der Waals surface area contributed by atoms with E-state index in [0.717, 1.165) is 0 Å². The maximum absolute atomic E-state index is 13.7. The van der Waals surface area contributed by atoms with Gasteiger partial charge in [0.25, 0.3) is 0 Å². The van der Waals surface area contributed by atoms with Gasteiger partial charge >= 0.3 is 6.03 Å². The molecule has 0 aliphatic carbocycles. The fourth-order valence-electron chi connectivity index (χ4n) is 3.45. The number of para-hydroxylation sites is 1.